The van der Waals surface area contributed by atoms with E-state index >= 15 is 0 Å². The van der Waals surface area contributed by atoms with Crippen molar-refractivity contribution < 1.29 is 24.4 Å². The predicted octanol–water partition coefficient (Wildman–Crippen LogP) is 3.21. The lowest BCUT2D eigenvalue weighted by molar-refractivity contribution is -0.158. The molecule has 1 heterocycles. The van der Waals surface area contributed by atoms with Gasteiger partial charge in [0.05, 0.1) is 12.5 Å². The van der Waals surface area contributed by atoms with Gasteiger partial charge in [-0.25, -0.2) is 9.86 Å². The number of likely N-dealkylation sites (tertiary alicyclic amines) is 1. The van der Waals surface area contributed by atoms with Gasteiger partial charge in [0, 0.05) is 12.6 Å². The molecule has 2 fully saturated rings. The molecule has 3 atom stereocenters. The quantitative estimate of drug-likeness (QED) is 0.177. The molecule has 0 bridgehead atoms. The van der Waals surface area contributed by atoms with Gasteiger partial charge in [-0.05, 0) is 38.0 Å². The molecule has 1 saturated heterocycles. The summed E-state index contributed by atoms with van der Waals surface area (Å²) in [4.78, 5) is 51.0. The van der Waals surface area contributed by atoms with Gasteiger partial charge in [-0.1, -0.05) is 58.8 Å². The zero-order valence-corrected chi connectivity index (χ0v) is 20.3. The molecule has 3 unspecified atom stereocenters. The van der Waals surface area contributed by atoms with Gasteiger partial charge >= 0.3 is 6.03 Å². The number of imide groups is 1. The molecule has 1 aliphatic carbocycles. The molecule has 2 aliphatic rings. The topological polar surface area (TPSA) is 119 Å². The standard InChI is InChI=1S/C24H42N4O5/c1-3-4-6-10-18(2)15-19(16-27(33)17-29)23(31)28-14-9-13-21(28)22(30)26-24(32)25-20-11-7-5-8-12-20/h17-21,33H,3-16H2,1-2H3,(H2,25,26,30,32). The molecule has 0 spiro atoms. The minimum Gasteiger partial charge on any atom is -0.335 e. The van der Waals surface area contributed by atoms with Crippen molar-refractivity contribution in [2.24, 2.45) is 11.8 Å². The van der Waals surface area contributed by atoms with E-state index in [9.17, 15) is 24.4 Å². The third-order valence-corrected chi connectivity index (χ3v) is 6.88. The molecule has 5 amide bonds. The average molecular weight is 467 g/mol. The van der Waals surface area contributed by atoms with Gasteiger partial charge in [-0.3, -0.25) is 24.9 Å². The lowest BCUT2D eigenvalue weighted by Gasteiger charge is -2.30. The number of unbranched alkanes of at least 4 members (excludes halogenated alkanes) is 2. The van der Waals surface area contributed by atoms with Crippen LogP contribution in [0.5, 0.6) is 0 Å². The van der Waals surface area contributed by atoms with Gasteiger partial charge in [0.2, 0.25) is 12.3 Å². The molecular weight excluding hydrogens is 424 g/mol. The van der Waals surface area contributed by atoms with Crippen molar-refractivity contribution in [1.82, 2.24) is 20.6 Å². The zero-order chi connectivity index (χ0) is 24.2. The number of amides is 5. The molecule has 188 valence electrons. The van der Waals surface area contributed by atoms with E-state index in [2.05, 4.69) is 24.5 Å². The summed E-state index contributed by atoms with van der Waals surface area (Å²) in [7, 11) is 0. The number of nitrogens with one attached hydrogen (secondary N) is 2. The minimum absolute atomic E-state index is 0.0883. The Morgan fingerprint density at radius 2 is 1.85 bits per heavy atom. The van der Waals surface area contributed by atoms with Crippen LogP contribution in [0.25, 0.3) is 0 Å². The molecule has 1 saturated carbocycles. The molecule has 2 rings (SSSR count). The number of carbonyl (C=O) groups excluding carboxylic acids is 4. The Labute approximate surface area is 197 Å². The van der Waals surface area contributed by atoms with Gasteiger partial charge in [0.15, 0.2) is 0 Å². The first-order valence-corrected chi connectivity index (χ1v) is 12.7. The van der Waals surface area contributed by atoms with E-state index < -0.39 is 23.9 Å². The first-order chi connectivity index (χ1) is 15.8. The Hall–Kier alpha value is -2.16. The highest BCUT2D eigenvalue weighted by Crippen LogP contribution is 2.26. The summed E-state index contributed by atoms with van der Waals surface area (Å²) in [6, 6.07) is -1.13. The summed E-state index contributed by atoms with van der Waals surface area (Å²) in [6.45, 7) is 4.53. The summed E-state index contributed by atoms with van der Waals surface area (Å²) in [6.07, 6.45) is 11.4. The molecule has 0 aromatic heterocycles. The van der Waals surface area contributed by atoms with Crippen LogP contribution in [0.4, 0.5) is 4.79 Å². The summed E-state index contributed by atoms with van der Waals surface area (Å²) in [5.41, 5.74) is 0. The van der Waals surface area contributed by atoms with Gasteiger partial charge in [0.25, 0.3) is 5.91 Å². The first-order valence-electron chi connectivity index (χ1n) is 12.7. The normalized spacial score (nSPS) is 20.7. The van der Waals surface area contributed by atoms with Gasteiger partial charge in [-0.15, -0.1) is 0 Å². The van der Waals surface area contributed by atoms with Gasteiger partial charge < -0.3 is 10.2 Å². The van der Waals surface area contributed by atoms with Crippen LogP contribution in [-0.4, -0.2) is 64.6 Å². The summed E-state index contributed by atoms with van der Waals surface area (Å²) < 4.78 is 0. The van der Waals surface area contributed by atoms with Crippen molar-refractivity contribution in [3.8, 4) is 0 Å². The fourth-order valence-electron chi connectivity index (χ4n) is 5.07. The predicted molar refractivity (Wildman–Crippen MR) is 124 cm³/mol. The average Bonchev–Trinajstić information content (AvgIpc) is 3.29. The van der Waals surface area contributed by atoms with E-state index in [1.54, 1.807) is 0 Å². The SMILES string of the molecule is CCCCCC(C)CC(CN(O)C=O)C(=O)N1CCCC1C(=O)NC(=O)NC1CCCCC1. The van der Waals surface area contributed by atoms with E-state index in [1.807, 2.05) is 0 Å². The van der Waals surface area contributed by atoms with Crippen molar-refractivity contribution >= 4 is 24.3 Å². The molecule has 0 aromatic rings. The van der Waals surface area contributed by atoms with E-state index in [-0.39, 0.29) is 24.4 Å². The van der Waals surface area contributed by atoms with E-state index in [1.165, 1.54) is 11.3 Å². The van der Waals surface area contributed by atoms with E-state index in [4.69, 9.17) is 0 Å². The molecule has 9 nitrogen and oxygen atoms in total. The Morgan fingerprint density at radius 3 is 2.52 bits per heavy atom. The third-order valence-electron chi connectivity index (χ3n) is 6.88. The molecule has 9 heteroatoms. The number of rotatable bonds is 12. The van der Waals surface area contributed by atoms with Crippen LogP contribution in [0.15, 0.2) is 0 Å². The van der Waals surface area contributed by atoms with Crippen molar-refractivity contribution in [1.29, 1.82) is 0 Å². The summed E-state index contributed by atoms with van der Waals surface area (Å²) in [5.74, 6) is -1.06. The second-order valence-corrected chi connectivity index (χ2v) is 9.75. The van der Waals surface area contributed by atoms with Crippen molar-refractivity contribution in [3.05, 3.63) is 0 Å². The Kier molecular flexibility index (Phi) is 11.6. The minimum atomic E-state index is -0.712. The van der Waals surface area contributed by atoms with Crippen LogP contribution in [0.1, 0.15) is 90.9 Å². The monoisotopic (exact) mass is 466 g/mol. The van der Waals surface area contributed by atoms with Crippen LogP contribution in [0.3, 0.4) is 0 Å². The lowest BCUT2D eigenvalue weighted by Crippen LogP contribution is -2.53. The smallest absolute Gasteiger partial charge is 0.321 e. The maximum atomic E-state index is 13.4. The largest absolute Gasteiger partial charge is 0.335 e. The van der Waals surface area contributed by atoms with E-state index in [0.717, 1.165) is 51.4 Å². The van der Waals surface area contributed by atoms with Crippen LogP contribution in [0, 0.1) is 11.8 Å². The first kappa shape index (κ1) is 27.1. The van der Waals surface area contributed by atoms with Crippen molar-refractivity contribution in [3.63, 3.8) is 0 Å². The second kappa shape index (κ2) is 14.2. The Bertz CT molecular complexity index is 653. The molecule has 3 N–H and O–H groups in total. The molecule has 0 radical (unpaired) electrons. The van der Waals surface area contributed by atoms with Crippen molar-refractivity contribution in [2.75, 3.05) is 13.1 Å². The maximum Gasteiger partial charge on any atom is 0.321 e. The van der Waals surface area contributed by atoms with Gasteiger partial charge in [-0.2, -0.15) is 0 Å². The number of carbonyl (C=O) groups is 4. The second-order valence-electron chi connectivity index (χ2n) is 9.75. The zero-order valence-electron chi connectivity index (χ0n) is 20.3. The van der Waals surface area contributed by atoms with E-state index in [0.29, 0.717) is 37.3 Å². The summed E-state index contributed by atoms with van der Waals surface area (Å²) >= 11 is 0. The van der Waals surface area contributed by atoms with Crippen LogP contribution in [-0.2, 0) is 14.4 Å². The number of urea groups is 1. The van der Waals surface area contributed by atoms with Crippen molar-refractivity contribution in [2.45, 2.75) is 103 Å². The molecular formula is C24H42N4O5. The number of hydroxylamine groups is 2. The molecule has 1 aliphatic heterocycles. The van der Waals surface area contributed by atoms with Crippen LogP contribution < -0.4 is 10.6 Å². The molecule has 33 heavy (non-hydrogen) atoms. The third kappa shape index (κ3) is 8.95. The summed E-state index contributed by atoms with van der Waals surface area (Å²) in [5, 5.41) is 15.6. The van der Waals surface area contributed by atoms with Gasteiger partial charge in [0.1, 0.15) is 6.04 Å². The number of nitrogens with zero attached hydrogens (tertiary/aromatic N) is 2. The highest BCUT2D eigenvalue weighted by atomic mass is 16.5. The Morgan fingerprint density at radius 1 is 1.12 bits per heavy atom. The van der Waals surface area contributed by atoms with Crippen LogP contribution >= 0.6 is 0 Å². The van der Waals surface area contributed by atoms with Crippen LogP contribution in [0.2, 0.25) is 0 Å². The number of hydrogen-bond donors (Lipinski definition) is 3. The fraction of sp³-hybridized carbons (Fsp3) is 0.833. The highest BCUT2D eigenvalue weighted by molar-refractivity contribution is 5.99. The lowest BCUT2D eigenvalue weighted by atomic mass is 9.90. The maximum absolute atomic E-state index is 13.4. The number of hydrogen-bond acceptors (Lipinski definition) is 5. The fourth-order valence-corrected chi connectivity index (χ4v) is 5.07. The molecule has 0 aromatic carbocycles. The Balaban J connectivity index is 1.97. The highest BCUT2D eigenvalue weighted by Gasteiger charge is 2.38.